The summed E-state index contributed by atoms with van der Waals surface area (Å²) in [6, 6.07) is 2.94. The lowest BCUT2D eigenvalue weighted by Crippen LogP contribution is -2.33. The number of aliphatic hydroxyl groups excluding tert-OH is 2. The predicted molar refractivity (Wildman–Crippen MR) is 136 cm³/mol. The lowest BCUT2D eigenvalue weighted by atomic mass is 10.0. The van der Waals surface area contributed by atoms with E-state index in [1.165, 1.54) is 82.3 Å². The SMILES string of the molecule is CCCCCCCCCCCCCCCC(=O)OC[C@@H](O)[C@@H]1OC(=O)C(OC(=O)c2cccnc2)=C1O. The van der Waals surface area contributed by atoms with Crippen molar-refractivity contribution in [2.75, 3.05) is 6.61 Å². The first kappa shape index (κ1) is 30.3. The molecule has 0 saturated heterocycles. The molecule has 206 valence electrons. The van der Waals surface area contributed by atoms with E-state index in [0.29, 0.717) is 6.42 Å². The van der Waals surface area contributed by atoms with Gasteiger partial charge in [0.1, 0.15) is 12.7 Å². The van der Waals surface area contributed by atoms with Gasteiger partial charge in [0.25, 0.3) is 5.76 Å². The molecule has 2 rings (SSSR count). The van der Waals surface area contributed by atoms with Crippen LogP contribution in [-0.2, 0) is 23.8 Å². The van der Waals surface area contributed by atoms with E-state index in [-0.39, 0.29) is 12.0 Å². The molecule has 2 heterocycles. The summed E-state index contributed by atoms with van der Waals surface area (Å²) in [6.07, 6.45) is 15.6. The molecular weight excluding hydrogens is 478 g/mol. The van der Waals surface area contributed by atoms with Gasteiger partial charge in [0.05, 0.1) is 5.56 Å². The van der Waals surface area contributed by atoms with Gasteiger partial charge >= 0.3 is 17.9 Å². The summed E-state index contributed by atoms with van der Waals surface area (Å²) < 4.78 is 14.9. The van der Waals surface area contributed by atoms with Crippen molar-refractivity contribution in [2.45, 2.75) is 109 Å². The van der Waals surface area contributed by atoms with Crippen LogP contribution < -0.4 is 0 Å². The number of hydrogen-bond donors (Lipinski definition) is 2. The Morgan fingerprint density at radius 3 is 2.16 bits per heavy atom. The zero-order chi connectivity index (χ0) is 26.9. The average Bonchev–Trinajstić information content (AvgIpc) is 3.18. The number of pyridine rings is 1. The molecule has 0 aromatic carbocycles. The molecule has 0 bridgehead atoms. The van der Waals surface area contributed by atoms with Gasteiger partial charge in [-0.3, -0.25) is 9.78 Å². The van der Waals surface area contributed by atoms with E-state index < -0.39 is 48.2 Å². The van der Waals surface area contributed by atoms with Crippen LogP contribution in [0.2, 0.25) is 0 Å². The Hall–Kier alpha value is -2.94. The second-order valence-electron chi connectivity index (χ2n) is 9.41. The molecule has 0 amide bonds. The zero-order valence-electron chi connectivity index (χ0n) is 21.9. The van der Waals surface area contributed by atoms with E-state index in [4.69, 9.17) is 14.2 Å². The Labute approximate surface area is 219 Å². The summed E-state index contributed by atoms with van der Waals surface area (Å²) in [5.74, 6) is -3.93. The number of esters is 3. The third kappa shape index (κ3) is 11.3. The molecule has 0 unspecified atom stereocenters. The van der Waals surface area contributed by atoms with E-state index in [1.807, 2.05) is 0 Å². The van der Waals surface area contributed by atoms with Gasteiger partial charge in [-0.2, -0.15) is 0 Å². The molecule has 9 heteroatoms. The fraction of sp³-hybridized carbons (Fsp3) is 0.643. The van der Waals surface area contributed by atoms with Crippen molar-refractivity contribution >= 4 is 17.9 Å². The van der Waals surface area contributed by atoms with Gasteiger partial charge in [-0.15, -0.1) is 0 Å². The molecule has 37 heavy (non-hydrogen) atoms. The number of nitrogens with zero attached hydrogens (tertiary/aromatic N) is 1. The van der Waals surface area contributed by atoms with Gasteiger partial charge in [-0.1, -0.05) is 84.0 Å². The molecule has 0 radical (unpaired) electrons. The molecule has 2 N–H and O–H groups in total. The van der Waals surface area contributed by atoms with Crippen LogP contribution in [0.25, 0.3) is 0 Å². The predicted octanol–water partition coefficient (Wildman–Crippen LogP) is 5.32. The first-order chi connectivity index (χ1) is 17.9. The molecule has 1 aromatic rings. The lowest BCUT2D eigenvalue weighted by molar-refractivity contribution is -0.154. The minimum absolute atomic E-state index is 0.0710. The van der Waals surface area contributed by atoms with E-state index in [2.05, 4.69) is 11.9 Å². The van der Waals surface area contributed by atoms with Crippen molar-refractivity contribution in [1.82, 2.24) is 4.98 Å². The molecule has 9 nitrogen and oxygen atoms in total. The maximum Gasteiger partial charge on any atom is 0.378 e. The Bertz CT molecular complexity index is 870. The van der Waals surface area contributed by atoms with Crippen LogP contribution in [0.1, 0.15) is 107 Å². The Kier molecular flexibility index (Phi) is 14.3. The van der Waals surface area contributed by atoms with Crippen molar-refractivity contribution in [1.29, 1.82) is 0 Å². The highest BCUT2D eigenvalue weighted by Gasteiger charge is 2.42. The van der Waals surface area contributed by atoms with Gasteiger partial charge < -0.3 is 24.4 Å². The summed E-state index contributed by atoms with van der Waals surface area (Å²) in [5.41, 5.74) is 0.0710. The normalized spacial score (nSPS) is 15.9. The second kappa shape index (κ2) is 17.5. The molecule has 1 aliphatic heterocycles. The second-order valence-corrected chi connectivity index (χ2v) is 9.41. The molecule has 0 saturated carbocycles. The zero-order valence-corrected chi connectivity index (χ0v) is 21.9. The van der Waals surface area contributed by atoms with Crippen molar-refractivity contribution in [2.24, 2.45) is 0 Å². The number of unbranched alkanes of at least 4 members (excludes halogenated alkanes) is 12. The molecule has 0 fully saturated rings. The number of cyclic esters (lactones) is 1. The van der Waals surface area contributed by atoms with Crippen molar-refractivity contribution < 1.29 is 38.8 Å². The average molecular weight is 520 g/mol. The van der Waals surface area contributed by atoms with Crippen LogP contribution >= 0.6 is 0 Å². The van der Waals surface area contributed by atoms with Gasteiger partial charge in [0.2, 0.25) is 0 Å². The van der Waals surface area contributed by atoms with Crippen molar-refractivity contribution in [3.63, 3.8) is 0 Å². The number of aliphatic hydroxyl groups is 2. The number of hydrogen-bond acceptors (Lipinski definition) is 9. The van der Waals surface area contributed by atoms with Crippen LogP contribution in [-0.4, -0.2) is 51.9 Å². The molecule has 1 aromatic heterocycles. The van der Waals surface area contributed by atoms with Crippen LogP contribution in [0.3, 0.4) is 0 Å². The van der Waals surface area contributed by atoms with E-state index in [1.54, 1.807) is 0 Å². The van der Waals surface area contributed by atoms with Crippen molar-refractivity contribution in [3.8, 4) is 0 Å². The Balaban J connectivity index is 1.56. The number of aromatic nitrogens is 1. The Morgan fingerprint density at radius 2 is 1.59 bits per heavy atom. The number of carbonyl (C=O) groups is 3. The van der Waals surface area contributed by atoms with E-state index in [0.717, 1.165) is 19.3 Å². The largest absolute Gasteiger partial charge is 0.505 e. The summed E-state index contributed by atoms with van der Waals surface area (Å²) >= 11 is 0. The van der Waals surface area contributed by atoms with Gasteiger partial charge in [0, 0.05) is 18.8 Å². The van der Waals surface area contributed by atoms with E-state index in [9.17, 15) is 24.6 Å². The Morgan fingerprint density at radius 1 is 1.00 bits per heavy atom. The first-order valence-electron chi connectivity index (χ1n) is 13.5. The van der Waals surface area contributed by atoms with Gasteiger partial charge in [0.15, 0.2) is 11.9 Å². The molecular formula is C28H41NO8. The number of rotatable bonds is 19. The summed E-state index contributed by atoms with van der Waals surface area (Å²) in [6.45, 7) is 1.76. The molecule has 2 atom stereocenters. The monoisotopic (exact) mass is 519 g/mol. The third-order valence-corrected chi connectivity index (χ3v) is 6.26. The molecule has 0 spiro atoms. The minimum atomic E-state index is -1.51. The standard InChI is InChI=1S/C28H41NO8/c1-2-3-4-5-6-7-8-9-10-11-12-13-14-17-23(31)35-20-22(30)25-24(32)26(28(34)36-25)37-27(33)21-16-15-18-29-19-21/h15-16,18-19,22,25,30,32H,2-14,17,20H2,1H3/t22-,25+/m1/s1. The highest BCUT2D eigenvalue weighted by Crippen LogP contribution is 2.25. The van der Waals surface area contributed by atoms with E-state index >= 15 is 0 Å². The highest BCUT2D eigenvalue weighted by atomic mass is 16.6. The fourth-order valence-corrected chi connectivity index (χ4v) is 4.07. The van der Waals surface area contributed by atoms with Gasteiger partial charge in [-0.25, -0.2) is 9.59 Å². The quantitative estimate of drug-likeness (QED) is 0.142. The minimum Gasteiger partial charge on any atom is -0.505 e. The summed E-state index contributed by atoms with van der Waals surface area (Å²) in [5, 5.41) is 20.5. The molecule has 0 aliphatic carbocycles. The van der Waals surface area contributed by atoms with Crippen LogP contribution in [0.5, 0.6) is 0 Å². The van der Waals surface area contributed by atoms with Crippen LogP contribution in [0, 0.1) is 0 Å². The first-order valence-corrected chi connectivity index (χ1v) is 13.5. The van der Waals surface area contributed by atoms with Crippen LogP contribution in [0.15, 0.2) is 36.0 Å². The lowest BCUT2D eigenvalue weighted by Gasteiger charge is -2.17. The maximum atomic E-state index is 12.1. The number of carbonyl (C=O) groups excluding carboxylic acids is 3. The fourth-order valence-electron chi connectivity index (χ4n) is 4.07. The number of ether oxygens (including phenoxy) is 3. The smallest absolute Gasteiger partial charge is 0.378 e. The molecule has 1 aliphatic rings. The maximum absolute atomic E-state index is 12.1. The third-order valence-electron chi connectivity index (χ3n) is 6.26. The van der Waals surface area contributed by atoms with Gasteiger partial charge in [-0.05, 0) is 18.6 Å². The topological polar surface area (TPSA) is 132 Å². The van der Waals surface area contributed by atoms with Crippen LogP contribution in [0.4, 0.5) is 0 Å². The van der Waals surface area contributed by atoms with Crippen molar-refractivity contribution in [3.05, 3.63) is 41.6 Å². The summed E-state index contributed by atoms with van der Waals surface area (Å²) in [7, 11) is 0. The summed E-state index contributed by atoms with van der Waals surface area (Å²) in [4.78, 5) is 39.9. The highest BCUT2D eigenvalue weighted by molar-refractivity contribution is 5.96.